The van der Waals surface area contributed by atoms with Crippen molar-refractivity contribution in [1.82, 2.24) is 0 Å². The molecular weight excluding hydrogens is 292 g/mol. The molecule has 1 aromatic heterocycles. The van der Waals surface area contributed by atoms with Crippen LogP contribution in [0.1, 0.15) is 0 Å². The van der Waals surface area contributed by atoms with Gasteiger partial charge in [-0.05, 0) is 24.3 Å². The second-order valence-electron chi connectivity index (χ2n) is 4.66. The van der Waals surface area contributed by atoms with Gasteiger partial charge in [0.1, 0.15) is 5.58 Å². The van der Waals surface area contributed by atoms with E-state index in [0.29, 0.717) is 5.39 Å². The highest BCUT2D eigenvalue weighted by Gasteiger charge is 2.17. The highest BCUT2D eigenvalue weighted by molar-refractivity contribution is 5.86. The molecule has 0 aliphatic rings. The molecule has 2 aromatic carbocycles. The largest absolute Gasteiger partial charge is 0.504 e. The van der Waals surface area contributed by atoms with E-state index >= 15 is 0 Å². The summed E-state index contributed by atoms with van der Waals surface area (Å²) >= 11 is 0. The van der Waals surface area contributed by atoms with E-state index < -0.39 is 34.4 Å². The Bertz CT molecular complexity index is 956. The van der Waals surface area contributed by atoms with Gasteiger partial charge in [-0.15, -0.1) is 0 Å². The molecule has 0 fully saturated rings. The van der Waals surface area contributed by atoms with E-state index in [9.17, 15) is 30.3 Å². The first-order valence-electron chi connectivity index (χ1n) is 6.12. The number of benzene rings is 2. The molecule has 7 nitrogen and oxygen atoms in total. The summed E-state index contributed by atoms with van der Waals surface area (Å²) in [6.07, 6.45) is 0. The van der Waals surface area contributed by atoms with Gasteiger partial charge in [-0.2, -0.15) is 0 Å². The maximum absolute atomic E-state index is 12.0. The lowest BCUT2D eigenvalue weighted by Crippen LogP contribution is -2.02. The average molecular weight is 302 g/mol. The lowest BCUT2D eigenvalue weighted by molar-refractivity contribution is 0.369. The molecule has 0 amide bonds. The molecular formula is C15H10O7. The summed E-state index contributed by atoms with van der Waals surface area (Å²) in [5, 5.41) is 47.9. The van der Waals surface area contributed by atoms with Gasteiger partial charge in [0.15, 0.2) is 23.0 Å². The molecule has 0 radical (unpaired) electrons. The van der Waals surface area contributed by atoms with Crippen LogP contribution in [0.3, 0.4) is 0 Å². The second-order valence-corrected chi connectivity index (χ2v) is 4.66. The Hall–Kier alpha value is -3.35. The molecule has 0 bridgehead atoms. The van der Waals surface area contributed by atoms with Crippen molar-refractivity contribution in [3.63, 3.8) is 0 Å². The zero-order valence-corrected chi connectivity index (χ0v) is 10.9. The molecule has 0 saturated carbocycles. The van der Waals surface area contributed by atoms with Crippen LogP contribution in [0.15, 0.2) is 39.5 Å². The Morgan fingerprint density at radius 1 is 0.727 bits per heavy atom. The Kier molecular flexibility index (Phi) is 2.84. The first-order chi connectivity index (χ1) is 10.4. The standard InChI is InChI=1S/C15H10O7/c16-9-2-1-7(13(19)14(9)20)8-3-6-4-10(17)11(18)5-12(6)22-15(8)21/h1-5,16-20H. The Morgan fingerprint density at radius 2 is 1.41 bits per heavy atom. The van der Waals surface area contributed by atoms with Crippen molar-refractivity contribution >= 4 is 11.0 Å². The van der Waals surface area contributed by atoms with Crippen LogP contribution in [-0.4, -0.2) is 25.5 Å². The van der Waals surface area contributed by atoms with Gasteiger partial charge >= 0.3 is 5.63 Å². The molecule has 0 unspecified atom stereocenters. The zero-order chi connectivity index (χ0) is 16.0. The number of rotatable bonds is 1. The van der Waals surface area contributed by atoms with Crippen LogP contribution in [0.5, 0.6) is 28.7 Å². The molecule has 0 saturated heterocycles. The van der Waals surface area contributed by atoms with E-state index in [0.717, 1.165) is 12.1 Å². The van der Waals surface area contributed by atoms with Gasteiger partial charge in [0.05, 0.1) is 5.56 Å². The minimum Gasteiger partial charge on any atom is -0.504 e. The molecule has 0 aliphatic heterocycles. The Labute approximate surface area is 122 Å². The summed E-state index contributed by atoms with van der Waals surface area (Å²) < 4.78 is 5.03. The summed E-state index contributed by atoms with van der Waals surface area (Å²) in [6.45, 7) is 0. The van der Waals surface area contributed by atoms with Crippen molar-refractivity contribution in [2.45, 2.75) is 0 Å². The maximum atomic E-state index is 12.0. The number of hydrogen-bond acceptors (Lipinski definition) is 7. The lowest BCUT2D eigenvalue weighted by atomic mass is 10.0. The van der Waals surface area contributed by atoms with E-state index in [1.807, 2.05) is 0 Å². The predicted molar refractivity (Wildman–Crippen MR) is 76.2 cm³/mol. The van der Waals surface area contributed by atoms with Crippen molar-refractivity contribution in [2.24, 2.45) is 0 Å². The quantitative estimate of drug-likeness (QED) is 0.343. The van der Waals surface area contributed by atoms with Crippen molar-refractivity contribution < 1.29 is 29.9 Å². The summed E-state index contributed by atoms with van der Waals surface area (Å²) in [4.78, 5) is 12.0. The molecule has 0 aliphatic carbocycles. The smallest absolute Gasteiger partial charge is 0.344 e. The monoisotopic (exact) mass is 302 g/mol. The summed E-state index contributed by atoms with van der Waals surface area (Å²) in [6, 6.07) is 5.95. The molecule has 0 spiro atoms. The van der Waals surface area contributed by atoms with Crippen molar-refractivity contribution in [3.05, 3.63) is 40.8 Å². The van der Waals surface area contributed by atoms with E-state index in [2.05, 4.69) is 0 Å². The SMILES string of the molecule is O=c1oc2cc(O)c(O)cc2cc1-c1ccc(O)c(O)c1O. The van der Waals surface area contributed by atoms with E-state index in [-0.39, 0.29) is 16.7 Å². The first kappa shape index (κ1) is 13.6. The fraction of sp³-hybridized carbons (Fsp3) is 0. The molecule has 3 rings (SSSR count). The summed E-state index contributed by atoms with van der Waals surface area (Å²) in [5.41, 5.74) is -0.895. The molecule has 22 heavy (non-hydrogen) atoms. The number of phenols is 5. The van der Waals surface area contributed by atoms with E-state index in [4.69, 9.17) is 4.42 Å². The zero-order valence-electron chi connectivity index (χ0n) is 10.9. The Balaban J connectivity index is 2.32. The van der Waals surface area contributed by atoms with Gasteiger partial charge in [0.2, 0.25) is 5.75 Å². The number of phenolic OH excluding ortho intramolecular Hbond substituents is 5. The summed E-state index contributed by atoms with van der Waals surface area (Å²) in [5.74, 6) is -2.80. The van der Waals surface area contributed by atoms with Crippen LogP contribution in [0.4, 0.5) is 0 Å². The summed E-state index contributed by atoms with van der Waals surface area (Å²) in [7, 11) is 0. The predicted octanol–water partition coefficient (Wildman–Crippen LogP) is 1.99. The van der Waals surface area contributed by atoms with Crippen LogP contribution in [0.25, 0.3) is 22.1 Å². The third kappa shape index (κ3) is 1.96. The third-order valence-corrected chi connectivity index (χ3v) is 3.25. The van der Waals surface area contributed by atoms with Gasteiger partial charge in [-0.3, -0.25) is 0 Å². The normalized spacial score (nSPS) is 10.9. The molecule has 0 atom stereocenters. The molecule has 5 N–H and O–H groups in total. The molecule has 112 valence electrons. The van der Waals surface area contributed by atoms with E-state index in [1.165, 1.54) is 18.2 Å². The van der Waals surface area contributed by atoms with Gasteiger partial charge in [0, 0.05) is 17.0 Å². The van der Waals surface area contributed by atoms with Gasteiger partial charge in [-0.1, -0.05) is 0 Å². The van der Waals surface area contributed by atoms with Crippen molar-refractivity contribution in [3.8, 4) is 39.9 Å². The highest BCUT2D eigenvalue weighted by atomic mass is 16.4. The highest BCUT2D eigenvalue weighted by Crippen LogP contribution is 2.42. The molecule has 3 aromatic rings. The Morgan fingerprint density at radius 3 is 2.14 bits per heavy atom. The fourth-order valence-electron chi connectivity index (χ4n) is 2.12. The first-order valence-corrected chi connectivity index (χ1v) is 6.12. The van der Waals surface area contributed by atoms with Crippen LogP contribution in [-0.2, 0) is 0 Å². The van der Waals surface area contributed by atoms with Crippen LogP contribution in [0.2, 0.25) is 0 Å². The maximum Gasteiger partial charge on any atom is 0.344 e. The molecule has 1 heterocycles. The number of hydrogen-bond donors (Lipinski definition) is 5. The topological polar surface area (TPSA) is 131 Å². The van der Waals surface area contributed by atoms with Crippen LogP contribution in [0, 0.1) is 0 Å². The third-order valence-electron chi connectivity index (χ3n) is 3.25. The second kappa shape index (κ2) is 4.59. The van der Waals surface area contributed by atoms with Crippen LogP contribution < -0.4 is 5.63 Å². The van der Waals surface area contributed by atoms with Gasteiger partial charge < -0.3 is 29.9 Å². The lowest BCUT2D eigenvalue weighted by Gasteiger charge is -2.08. The number of fused-ring (bicyclic) bond motifs is 1. The van der Waals surface area contributed by atoms with Gasteiger partial charge in [-0.25, -0.2) is 4.79 Å². The van der Waals surface area contributed by atoms with Crippen molar-refractivity contribution in [1.29, 1.82) is 0 Å². The number of aromatic hydroxyl groups is 5. The molecule has 7 heteroatoms. The van der Waals surface area contributed by atoms with E-state index in [1.54, 1.807) is 0 Å². The minimum absolute atomic E-state index is 0.0430. The fourth-order valence-corrected chi connectivity index (χ4v) is 2.12. The van der Waals surface area contributed by atoms with Crippen molar-refractivity contribution in [2.75, 3.05) is 0 Å². The van der Waals surface area contributed by atoms with Gasteiger partial charge in [0.25, 0.3) is 0 Å². The average Bonchev–Trinajstić information content (AvgIpc) is 2.47. The van der Waals surface area contributed by atoms with Crippen LogP contribution >= 0.6 is 0 Å². The minimum atomic E-state index is -0.821.